The fourth-order valence-electron chi connectivity index (χ4n) is 2.01. The number of benzene rings is 1. The standard InChI is InChI=1S/C18H23N3O4S/c1-12(2)25-10-14-8-16(22)21-18(20-14)26-11-17(23)19-9-13-4-6-15(24-3)7-5-13/h4-8,12H,9-11H2,1-3H3,(H,19,23)(H,20,21,22). The van der Waals surface area contributed by atoms with Gasteiger partial charge in [0.15, 0.2) is 5.16 Å². The van der Waals surface area contributed by atoms with Gasteiger partial charge in [0.05, 0.1) is 31.3 Å². The van der Waals surface area contributed by atoms with Crippen LogP contribution < -0.4 is 15.6 Å². The number of H-pyrrole nitrogens is 1. The zero-order valence-electron chi connectivity index (χ0n) is 15.1. The Kier molecular flexibility index (Phi) is 7.68. The summed E-state index contributed by atoms with van der Waals surface area (Å²) in [5, 5.41) is 3.23. The Morgan fingerprint density at radius 1 is 1.31 bits per heavy atom. The average molecular weight is 377 g/mol. The molecule has 140 valence electrons. The van der Waals surface area contributed by atoms with Crippen molar-refractivity contribution in [3.8, 4) is 5.75 Å². The van der Waals surface area contributed by atoms with Crippen molar-refractivity contribution in [2.45, 2.75) is 38.3 Å². The summed E-state index contributed by atoms with van der Waals surface area (Å²) >= 11 is 1.18. The zero-order valence-corrected chi connectivity index (χ0v) is 15.9. The van der Waals surface area contributed by atoms with Crippen molar-refractivity contribution >= 4 is 17.7 Å². The first-order chi connectivity index (χ1) is 12.5. The van der Waals surface area contributed by atoms with Gasteiger partial charge < -0.3 is 19.8 Å². The first kappa shape index (κ1) is 20.0. The molecule has 8 heteroatoms. The fourth-order valence-corrected chi connectivity index (χ4v) is 2.73. The van der Waals surface area contributed by atoms with Crippen molar-refractivity contribution in [3.05, 3.63) is 51.9 Å². The van der Waals surface area contributed by atoms with E-state index >= 15 is 0 Å². The minimum atomic E-state index is -0.261. The van der Waals surface area contributed by atoms with Gasteiger partial charge in [-0.25, -0.2) is 4.98 Å². The van der Waals surface area contributed by atoms with Crippen molar-refractivity contribution in [3.63, 3.8) is 0 Å². The molecule has 1 aromatic carbocycles. The maximum Gasteiger partial charge on any atom is 0.251 e. The Balaban J connectivity index is 1.83. The van der Waals surface area contributed by atoms with E-state index in [1.165, 1.54) is 17.8 Å². The maximum atomic E-state index is 12.0. The number of nitrogens with zero attached hydrogens (tertiary/aromatic N) is 1. The van der Waals surface area contributed by atoms with Crippen LogP contribution in [0.15, 0.2) is 40.3 Å². The average Bonchev–Trinajstić information content (AvgIpc) is 2.63. The third-order valence-electron chi connectivity index (χ3n) is 3.33. The van der Waals surface area contributed by atoms with Crippen LogP contribution in [0.5, 0.6) is 5.75 Å². The van der Waals surface area contributed by atoms with Crippen LogP contribution in [0.4, 0.5) is 0 Å². The van der Waals surface area contributed by atoms with Gasteiger partial charge in [-0.1, -0.05) is 23.9 Å². The molecule has 26 heavy (non-hydrogen) atoms. The minimum Gasteiger partial charge on any atom is -0.497 e. The quantitative estimate of drug-likeness (QED) is 0.514. The van der Waals surface area contributed by atoms with E-state index in [4.69, 9.17) is 9.47 Å². The molecule has 2 aromatic rings. The van der Waals surface area contributed by atoms with Crippen LogP contribution in [0, 0.1) is 0 Å². The number of amides is 1. The van der Waals surface area contributed by atoms with E-state index in [2.05, 4.69) is 15.3 Å². The number of hydrogen-bond donors (Lipinski definition) is 2. The van der Waals surface area contributed by atoms with Crippen molar-refractivity contribution < 1.29 is 14.3 Å². The smallest absolute Gasteiger partial charge is 0.251 e. The summed E-state index contributed by atoms with van der Waals surface area (Å²) < 4.78 is 10.6. The van der Waals surface area contributed by atoms with Crippen molar-refractivity contribution in [1.82, 2.24) is 15.3 Å². The monoisotopic (exact) mass is 377 g/mol. The first-order valence-corrected chi connectivity index (χ1v) is 9.19. The number of carbonyl (C=O) groups is 1. The van der Waals surface area contributed by atoms with Gasteiger partial charge in [-0.15, -0.1) is 0 Å². The van der Waals surface area contributed by atoms with E-state index in [9.17, 15) is 9.59 Å². The number of carbonyl (C=O) groups excluding carboxylic acids is 1. The Morgan fingerprint density at radius 3 is 2.69 bits per heavy atom. The predicted molar refractivity (Wildman–Crippen MR) is 100 cm³/mol. The summed E-state index contributed by atoms with van der Waals surface area (Å²) in [7, 11) is 1.61. The third-order valence-corrected chi connectivity index (χ3v) is 4.20. The molecule has 0 aliphatic heterocycles. The Hall–Kier alpha value is -2.32. The summed E-state index contributed by atoms with van der Waals surface area (Å²) in [5.74, 6) is 0.789. The van der Waals surface area contributed by atoms with Crippen molar-refractivity contribution in [2.75, 3.05) is 12.9 Å². The molecule has 0 bridgehead atoms. The highest BCUT2D eigenvalue weighted by Gasteiger charge is 2.07. The largest absolute Gasteiger partial charge is 0.497 e. The molecule has 0 aliphatic carbocycles. The highest BCUT2D eigenvalue weighted by Crippen LogP contribution is 2.13. The van der Waals surface area contributed by atoms with E-state index in [0.717, 1.165) is 11.3 Å². The summed E-state index contributed by atoms with van der Waals surface area (Å²) in [4.78, 5) is 30.6. The third kappa shape index (κ3) is 6.89. The summed E-state index contributed by atoms with van der Waals surface area (Å²) in [6.07, 6.45) is 0.0518. The molecule has 0 spiro atoms. The number of aromatic nitrogens is 2. The number of hydrogen-bond acceptors (Lipinski definition) is 6. The van der Waals surface area contributed by atoms with Gasteiger partial charge in [-0.2, -0.15) is 0 Å². The molecule has 1 heterocycles. The lowest BCUT2D eigenvalue weighted by molar-refractivity contribution is -0.118. The molecular weight excluding hydrogens is 354 g/mol. The SMILES string of the molecule is COc1ccc(CNC(=O)CSc2nc(COC(C)C)cc(=O)[nH]2)cc1. The first-order valence-electron chi connectivity index (χ1n) is 8.20. The molecule has 0 saturated carbocycles. The molecule has 2 rings (SSSR count). The fraction of sp³-hybridized carbons (Fsp3) is 0.389. The molecule has 0 unspecified atom stereocenters. The maximum absolute atomic E-state index is 12.0. The molecule has 0 aliphatic rings. The molecule has 0 saturated heterocycles. The number of ether oxygens (including phenoxy) is 2. The summed E-state index contributed by atoms with van der Waals surface area (Å²) in [5.41, 5.74) is 1.26. The number of thioether (sulfide) groups is 1. The number of rotatable bonds is 9. The molecule has 1 amide bonds. The molecule has 0 atom stereocenters. The van der Waals surface area contributed by atoms with E-state index in [1.807, 2.05) is 38.1 Å². The van der Waals surface area contributed by atoms with Gasteiger partial charge in [0.2, 0.25) is 5.91 Å². The normalized spacial score (nSPS) is 10.8. The van der Waals surface area contributed by atoms with Crippen LogP contribution in [0.2, 0.25) is 0 Å². The van der Waals surface area contributed by atoms with E-state index in [0.29, 0.717) is 17.4 Å². The van der Waals surface area contributed by atoms with Gasteiger partial charge in [0, 0.05) is 12.6 Å². The van der Waals surface area contributed by atoms with Gasteiger partial charge in [0.1, 0.15) is 5.75 Å². The van der Waals surface area contributed by atoms with Crippen LogP contribution in [-0.2, 0) is 22.7 Å². The lowest BCUT2D eigenvalue weighted by Crippen LogP contribution is -2.24. The summed E-state index contributed by atoms with van der Waals surface area (Å²) in [6.45, 7) is 4.51. The lowest BCUT2D eigenvalue weighted by atomic mass is 10.2. The lowest BCUT2D eigenvalue weighted by Gasteiger charge is -2.08. The van der Waals surface area contributed by atoms with Gasteiger partial charge in [0.25, 0.3) is 5.56 Å². The molecule has 0 fully saturated rings. The number of aromatic amines is 1. The topological polar surface area (TPSA) is 93.3 Å². The van der Waals surface area contributed by atoms with Gasteiger partial charge in [-0.3, -0.25) is 9.59 Å². The second kappa shape index (κ2) is 9.98. The Labute approximate surface area is 156 Å². The molecule has 2 N–H and O–H groups in total. The van der Waals surface area contributed by atoms with Crippen LogP contribution in [0.3, 0.4) is 0 Å². The highest BCUT2D eigenvalue weighted by atomic mass is 32.2. The van der Waals surface area contributed by atoms with Crippen LogP contribution >= 0.6 is 11.8 Å². The zero-order chi connectivity index (χ0) is 18.9. The molecule has 7 nitrogen and oxygen atoms in total. The Bertz CT molecular complexity index is 775. The van der Waals surface area contributed by atoms with Crippen LogP contribution in [0.25, 0.3) is 0 Å². The Morgan fingerprint density at radius 2 is 2.04 bits per heavy atom. The second-order valence-electron chi connectivity index (χ2n) is 5.82. The minimum absolute atomic E-state index is 0.0518. The van der Waals surface area contributed by atoms with Crippen LogP contribution in [0.1, 0.15) is 25.1 Å². The number of nitrogens with one attached hydrogen (secondary N) is 2. The van der Waals surface area contributed by atoms with Crippen molar-refractivity contribution in [1.29, 1.82) is 0 Å². The van der Waals surface area contributed by atoms with Crippen LogP contribution in [-0.4, -0.2) is 34.8 Å². The van der Waals surface area contributed by atoms with E-state index < -0.39 is 0 Å². The van der Waals surface area contributed by atoms with E-state index in [1.54, 1.807) is 7.11 Å². The molecule has 1 aromatic heterocycles. The highest BCUT2D eigenvalue weighted by molar-refractivity contribution is 7.99. The van der Waals surface area contributed by atoms with Gasteiger partial charge in [-0.05, 0) is 31.5 Å². The summed E-state index contributed by atoms with van der Waals surface area (Å²) in [6, 6.07) is 8.87. The van der Waals surface area contributed by atoms with E-state index in [-0.39, 0.29) is 29.9 Å². The second-order valence-corrected chi connectivity index (χ2v) is 6.78. The molecule has 0 radical (unpaired) electrons. The molecular formula is C18H23N3O4S. The van der Waals surface area contributed by atoms with Gasteiger partial charge >= 0.3 is 0 Å². The number of methoxy groups -OCH3 is 1. The predicted octanol–water partition coefficient (Wildman–Crippen LogP) is 2.11. The van der Waals surface area contributed by atoms with Crippen molar-refractivity contribution in [2.24, 2.45) is 0 Å².